The van der Waals surface area contributed by atoms with Gasteiger partial charge >= 0.3 is 0 Å². The molecule has 3 aromatic rings. The Balaban J connectivity index is 1.34. The fraction of sp³-hybridized carbons (Fsp3) is 0.364. The predicted molar refractivity (Wildman–Crippen MR) is 114 cm³/mol. The van der Waals surface area contributed by atoms with Gasteiger partial charge in [0, 0.05) is 30.8 Å². The number of aromatic nitrogens is 2. The lowest BCUT2D eigenvalue weighted by Crippen LogP contribution is -2.30. The molecule has 29 heavy (non-hydrogen) atoms. The summed E-state index contributed by atoms with van der Waals surface area (Å²) >= 11 is 1.41. The molecule has 1 aromatic carbocycles. The van der Waals surface area contributed by atoms with Crippen molar-refractivity contribution in [2.45, 2.75) is 45.6 Å². The van der Waals surface area contributed by atoms with E-state index < -0.39 is 0 Å². The average Bonchev–Trinajstić information content (AvgIpc) is 3.51. The van der Waals surface area contributed by atoms with E-state index in [9.17, 15) is 9.59 Å². The van der Waals surface area contributed by atoms with Crippen LogP contribution in [0.1, 0.15) is 57.5 Å². The molecule has 1 saturated carbocycles. The fourth-order valence-electron chi connectivity index (χ4n) is 3.36. The summed E-state index contributed by atoms with van der Waals surface area (Å²) in [5.74, 6) is 1.14. The summed E-state index contributed by atoms with van der Waals surface area (Å²) in [5.41, 5.74) is 2.90. The fourth-order valence-corrected chi connectivity index (χ4v) is 4.51. The molecule has 2 amide bonds. The van der Waals surface area contributed by atoms with Crippen LogP contribution < -0.4 is 10.6 Å². The van der Waals surface area contributed by atoms with Crippen molar-refractivity contribution in [2.75, 3.05) is 6.54 Å². The van der Waals surface area contributed by atoms with Crippen LogP contribution in [0.25, 0.3) is 10.2 Å². The molecular formula is C22H24N4O2S. The molecule has 0 atom stereocenters. The molecule has 2 heterocycles. The molecule has 4 rings (SSSR count). The first-order valence-electron chi connectivity index (χ1n) is 9.89. The number of nitrogens with zero attached hydrogens (tertiary/aromatic N) is 2. The second-order valence-electron chi connectivity index (χ2n) is 7.45. The van der Waals surface area contributed by atoms with Crippen molar-refractivity contribution >= 4 is 33.4 Å². The first kappa shape index (κ1) is 19.5. The highest BCUT2D eigenvalue weighted by Gasteiger charge is 2.28. The van der Waals surface area contributed by atoms with E-state index >= 15 is 0 Å². The van der Waals surface area contributed by atoms with Gasteiger partial charge in [-0.1, -0.05) is 30.3 Å². The van der Waals surface area contributed by atoms with E-state index in [2.05, 4.69) is 20.6 Å². The minimum absolute atomic E-state index is 0.0852. The van der Waals surface area contributed by atoms with E-state index in [0.717, 1.165) is 45.7 Å². The van der Waals surface area contributed by atoms with Crippen LogP contribution >= 0.6 is 11.3 Å². The monoisotopic (exact) mass is 408 g/mol. The highest BCUT2D eigenvalue weighted by molar-refractivity contribution is 7.20. The van der Waals surface area contributed by atoms with E-state index in [0.29, 0.717) is 23.9 Å². The number of rotatable bonds is 7. The first-order valence-corrected chi connectivity index (χ1v) is 10.7. The zero-order valence-electron chi connectivity index (χ0n) is 16.6. The number of nitrogens with one attached hydrogen (secondary N) is 2. The van der Waals surface area contributed by atoms with Gasteiger partial charge in [-0.2, -0.15) is 0 Å². The lowest BCUT2D eigenvalue weighted by molar-refractivity contribution is -0.121. The molecule has 6 nitrogen and oxygen atoms in total. The molecule has 0 bridgehead atoms. The molecule has 2 N–H and O–H groups in total. The van der Waals surface area contributed by atoms with Gasteiger partial charge in [0.15, 0.2) is 0 Å². The van der Waals surface area contributed by atoms with E-state index in [1.807, 2.05) is 44.2 Å². The van der Waals surface area contributed by atoms with E-state index in [1.54, 1.807) is 0 Å². The standard InChI is InChI=1S/C22H24N4O2S/c1-13-18-14(2)25-20(16-8-9-16)26-22(18)29-19(13)21(28)23-11-10-17(27)24-12-15-6-4-3-5-7-15/h3-7,16H,8-12H2,1-2H3,(H,23,28)(H,24,27). The largest absolute Gasteiger partial charge is 0.352 e. The Kier molecular flexibility index (Phi) is 5.58. The number of aryl methyl sites for hydroxylation is 2. The number of hydrogen-bond donors (Lipinski definition) is 2. The van der Waals surface area contributed by atoms with Gasteiger partial charge in [0.2, 0.25) is 5.91 Å². The predicted octanol–water partition coefficient (Wildman–Crippen LogP) is 3.62. The van der Waals surface area contributed by atoms with Crippen molar-refractivity contribution in [1.82, 2.24) is 20.6 Å². The molecule has 0 spiro atoms. The minimum atomic E-state index is -0.159. The topological polar surface area (TPSA) is 84.0 Å². The molecule has 0 saturated heterocycles. The Bertz CT molecular complexity index is 1060. The van der Waals surface area contributed by atoms with E-state index in [4.69, 9.17) is 0 Å². The van der Waals surface area contributed by atoms with Crippen molar-refractivity contribution < 1.29 is 9.59 Å². The summed E-state index contributed by atoms with van der Waals surface area (Å²) in [5, 5.41) is 6.71. The summed E-state index contributed by atoms with van der Waals surface area (Å²) in [7, 11) is 0. The molecule has 1 fully saturated rings. The second-order valence-corrected chi connectivity index (χ2v) is 8.45. The molecule has 0 radical (unpaired) electrons. The lowest BCUT2D eigenvalue weighted by atomic mass is 10.1. The Hall–Kier alpha value is -2.80. The van der Waals surface area contributed by atoms with Crippen LogP contribution in [0.15, 0.2) is 30.3 Å². The zero-order chi connectivity index (χ0) is 20.4. The summed E-state index contributed by atoms with van der Waals surface area (Å²) < 4.78 is 0. The number of benzene rings is 1. The van der Waals surface area contributed by atoms with Gasteiger partial charge in [-0.25, -0.2) is 9.97 Å². The van der Waals surface area contributed by atoms with Gasteiger partial charge in [0.25, 0.3) is 5.91 Å². The summed E-state index contributed by atoms with van der Waals surface area (Å²) in [6, 6.07) is 9.75. The summed E-state index contributed by atoms with van der Waals surface area (Å²) in [4.78, 5) is 35.5. The number of thiophene rings is 1. The summed E-state index contributed by atoms with van der Waals surface area (Å²) in [6.45, 7) is 4.71. The Labute approximate surface area is 173 Å². The quantitative estimate of drug-likeness (QED) is 0.625. The van der Waals surface area contributed by atoms with E-state index in [-0.39, 0.29) is 18.2 Å². The van der Waals surface area contributed by atoms with Crippen molar-refractivity contribution in [3.63, 3.8) is 0 Å². The number of carbonyl (C=O) groups excluding carboxylic acids is 2. The van der Waals surface area contributed by atoms with Gasteiger partial charge in [-0.05, 0) is 37.8 Å². The molecule has 150 valence electrons. The molecule has 2 aromatic heterocycles. The highest BCUT2D eigenvalue weighted by atomic mass is 32.1. The third kappa shape index (κ3) is 4.45. The molecule has 0 aliphatic heterocycles. The van der Waals surface area contributed by atoms with Crippen molar-refractivity contribution in [3.05, 3.63) is 57.9 Å². The van der Waals surface area contributed by atoms with Crippen LogP contribution in [-0.4, -0.2) is 28.3 Å². The lowest BCUT2D eigenvalue weighted by Gasteiger charge is -2.07. The highest BCUT2D eigenvalue weighted by Crippen LogP contribution is 2.40. The van der Waals surface area contributed by atoms with Crippen LogP contribution in [0, 0.1) is 13.8 Å². The van der Waals surface area contributed by atoms with Gasteiger partial charge in [-0.15, -0.1) is 11.3 Å². The molecular weight excluding hydrogens is 384 g/mol. The average molecular weight is 409 g/mol. The number of carbonyl (C=O) groups is 2. The second kappa shape index (κ2) is 8.29. The Morgan fingerprint density at radius 1 is 1.10 bits per heavy atom. The van der Waals surface area contributed by atoms with Crippen molar-refractivity contribution in [2.24, 2.45) is 0 Å². The summed E-state index contributed by atoms with van der Waals surface area (Å²) in [6.07, 6.45) is 2.54. The maximum absolute atomic E-state index is 12.7. The zero-order valence-corrected chi connectivity index (χ0v) is 17.4. The van der Waals surface area contributed by atoms with Crippen LogP contribution in [0.5, 0.6) is 0 Å². The minimum Gasteiger partial charge on any atom is -0.352 e. The van der Waals surface area contributed by atoms with Gasteiger partial charge < -0.3 is 10.6 Å². The van der Waals surface area contributed by atoms with E-state index in [1.165, 1.54) is 11.3 Å². The Morgan fingerprint density at radius 2 is 1.86 bits per heavy atom. The molecule has 7 heteroatoms. The van der Waals surface area contributed by atoms with Crippen LogP contribution in [0.3, 0.4) is 0 Å². The maximum Gasteiger partial charge on any atom is 0.261 e. The third-order valence-electron chi connectivity index (χ3n) is 5.11. The van der Waals surface area contributed by atoms with Crippen molar-refractivity contribution in [3.8, 4) is 0 Å². The third-order valence-corrected chi connectivity index (χ3v) is 6.29. The number of hydrogen-bond acceptors (Lipinski definition) is 5. The molecule has 1 aliphatic rings. The van der Waals surface area contributed by atoms with Gasteiger partial charge in [0.05, 0.1) is 10.6 Å². The number of fused-ring (bicyclic) bond motifs is 1. The maximum atomic E-state index is 12.7. The number of amides is 2. The Morgan fingerprint density at radius 3 is 2.59 bits per heavy atom. The van der Waals surface area contributed by atoms with Crippen LogP contribution in [0.4, 0.5) is 0 Å². The SMILES string of the molecule is Cc1nc(C2CC2)nc2sc(C(=O)NCCC(=O)NCc3ccccc3)c(C)c12. The molecule has 0 unspecified atom stereocenters. The van der Waals surface area contributed by atoms with Crippen LogP contribution in [-0.2, 0) is 11.3 Å². The smallest absolute Gasteiger partial charge is 0.261 e. The van der Waals surface area contributed by atoms with Gasteiger partial charge in [-0.3, -0.25) is 9.59 Å². The normalized spacial score (nSPS) is 13.4. The van der Waals surface area contributed by atoms with Crippen LogP contribution in [0.2, 0.25) is 0 Å². The van der Waals surface area contributed by atoms with Crippen molar-refractivity contribution in [1.29, 1.82) is 0 Å². The van der Waals surface area contributed by atoms with Gasteiger partial charge in [0.1, 0.15) is 10.7 Å². The molecule has 1 aliphatic carbocycles. The first-order chi connectivity index (χ1) is 14.0.